The molecule has 26 heavy (non-hydrogen) atoms. The van der Waals surface area contributed by atoms with Gasteiger partial charge < -0.3 is 15.1 Å². The van der Waals surface area contributed by atoms with Gasteiger partial charge in [-0.25, -0.2) is 17.1 Å². The van der Waals surface area contributed by atoms with Crippen LogP contribution in [-0.4, -0.2) is 39.3 Å². The number of aryl methyl sites for hydroxylation is 1. The van der Waals surface area contributed by atoms with Gasteiger partial charge in [0, 0.05) is 26.7 Å². The van der Waals surface area contributed by atoms with Crippen molar-refractivity contribution in [3.63, 3.8) is 0 Å². The molecule has 0 fully saturated rings. The lowest BCUT2D eigenvalue weighted by molar-refractivity contribution is 0.0995. The molecule has 2 N–H and O–H groups in total. The van der Waals surface area contributed by atoms with Crippen molar-refractivity contribution in [3.05, 3.63) is 46.7 Å². The van der Waals surface area contributed by atoms with Gasteiger partial charge in [-0.15, -0.1) is 0 Å². The summed E-state index contributed by atoms with van der Waals surface area (Å²) < 4.78 is 45.4. The fraction of sp³-hybridized carbons (Fsp3) is 0.353. The standard InChI is InChI=1S/C17H20FN3O4S/c1-10-15(26(23,24)21(2)3)8-14(25-10)17(22)20-13-5-4-11-9-19-7-6-12(11)16(13)18/h4-5,8,19H,6-7,9H2,1-3H3,(H,20,22). The number of fused-ring (bicyclic) bond motifs is 1. The second-order valence-corrected chi connectivity index (χ2v) is 8.38. The van der Waals surface area contributed by atoms with E-state index in [0.29, 0.717) is 25.1 Å². The van der Waals surface area contributed by atoms with E-state index in [4.69, 9.17) is 4.42 Å². The summed E-state index contributed by atoms with van der Waals surface area (Å²) in [5.74, 6) is -1.27. The zero-order chi connectivity index (χ0) is 19.1. The van der Waals surface area contributed by atoms with E-state index in [9.17, 15) is 17.6 Å². The Kier molecular flexibility index (Phi) is 4.87. The molecule has 3 rings (SSSR count). The average molecular weight is 381 g/mol. The van der Waals surface area contributed by atoms with Crippen LogP contribution in [0.3, 0.4) is 0 Å². The first-order valence-electron chi connectivity index (χ1n) is 8.07. The average Bonchev–Trinajstić information content (AvgIpc) is 3.00. The van der Waals surface area contributed by atoms with E-state index >= 15 is 0 Å². The van der Waals surface area contributed by atoms with Gasteiger partial charge in [0.05, 0.1) is 5.69 Å². The number of carbonyl (C=O) groups excluding carboxylic acids is 1. The zero-order valence-corrected chi connectivity index (χ0v) is 15.5. The molecule has 0 radical (unpaired) electrons. The number of amides is 1. The van der Waals surface area contributed by atoms with E-state index in [1.807, 2.05) is 0 Å². The summed E-state index contributed by atoms with van der Waals surface area (Å²) in [4.78, 5) is 12.3. The lowest BCUT2D eigenvalue weighted by Crippen LogP contribution is -2.25. The van der Waals surface area contributed by atoms with E-state index in [-0.39, 0.29) is 22.1 Å². The van der Waals surface area contributed by atoms with Crippen LogP contribution in [0.2, 0.25) is 0 Å². The van der Waals surface area contributed by atoms with Gasteiger partial charge in [0.15, 0.2) is 5.76 Å². The molecule has 0 saturated carbocycles. The van der Waals surface area contributed by atoms with Crippen LogP contribution in [-0.2, 0) is 23.0 Å². The van der Waals surface area contributed by atoms with Crippen molar-refractivity contribution in [1.29, 1.82) is 0 Å². The van der Waals surface area contributed by atoms with Crippen molar-refractivity contribution >= 4 is 21.6 Å². The van der Waals surface area contributed by atoms with E-state index in [1.54, 1.807) is 6.07 Å². The summed E-state index contributed by atoms with van der Waals surface area (Å²) in [5, 5.41) is 5.62. The predicted molar refractivity (Wildman–Crippen MR) is 94.1 cm³/mol. The Morgan fingerprint density at radius 3 is 2.77 bits per heavy atom. The SMILES string of the molecule is Cc1oc(C(=O)Nc2ccc3c(c2F)CCNC3)cc1S(=O)(=O)N(C)C. The van der Waals surface area contributed by atoms with Crippen LogP contribution in [0.5, 0.6) is 0 Å². The molecule has 140 valence electrons. The highest BCUT2D eigenvalue weighted by Crippen LogP contribution is 2.26. The van der Waals surface area contributed by atoms with Crippen LogP contribution in [0, 0.1) is 12.7 Å². The largest absolute Gasteiger partial charge is 0.455 e. The van der Waals surface area contributed by atoms with Gasteiger partial charge in [-0.05, 0) is 37.1 Å². The van der Waals surface area contributed by atoms with Crippen LogP contribution < -0.4 is 10.6 Å². The van der Waals surface area contributed by atoms with Crippen LogP contribution in [0.25, 0.3) is 0 Å². The molecule has 1 aromatic heterocycles. The fourth-order valence-corrected chi connectivity index (χ4v) is 3.90. The molecule has 1 amide bonds. The predicted octanol–water partition coefficient (Wildman–Crippen LogP) is 1.88. The first-order chi connectivity index (χ1) is 12.2. The molecule has 9 heteroatoms. The molecule has 1 aromatic carbocycles. The number of nitrogens with one attached hydrogen (secondary N) is 2. The number of nitrogens with zero attached hydrogens (tertiary/aromatic N) is 1. The number of anilines is 1. The van der Waals surface area contributed by atoms with E-state index in [0.717, 1.165) is 15.9 Å². The first kappa shape index (κ1) is 18.6. The van der Waals surface area contributed by atoms with Gasteiger partial charge in [0.2, 0.25) is 10.0 Å². The minimum Gasteiger partial charge on any atom is -0.455 e. The summed E-state index contributed by atoms with van der Waals surface area (Å²) >= 11 is 0. The molecule has 7 nitrogen and oxygen atoms in total. The Hall–Kier alpha value is -2.23. The fourth-order valence-electron chi connectivity index (χ4n) is 2.84. The molecule has 0 bridgehead atoms. The molecule has 2 heterocycles. The minimum absolute atomic E-state index is 0.0433. The molecule has 0 atom stereocenters. The number of rotatable bonds is 4. The third kappa shape index (κ3) is 3.25. The molecule has 0 spiro atoms. The Labute approximate surface area is 151 Å². The van der Waals surface area contributed by atoms with Gasteiger partial charge in [0.25, 0.3) is 5.91 Å². The third-order valence-electron chi connectivity index (χ3n) is 4.31. The Bertz CT molecular complexity index is 967. The maximum Gasteiger partial charge on any atom is 0.291 e. The maximum atomic E-state index is 14.6. The van der Waals surface area contributed by atoms with E-state index in [2.05, 4.69) is 10.6 Å². The molecule has 0 saturated heterocycles. The highest BCUT2D eigenvalue weighted by Gasteiger charge is 2.26. The topological polar surface area (TPSA) is 91.6 Å². The number of halogens is 1. The lowest BCUT2D eigenvalue weighted by atomic mass is 9.99. The van der Waals surface area contributed by atoms with Crippen LogP contribution in [0.15, 0.2) is 27.5 Å². The maximum absolute atomic E-state index is 14.6. The molecular formula is C17H20FN3O4S. The monoisotopic (exact) mass is 381 g/mol. The van der Waals surface area contributed by atoms with Crippen molar-refractivity contribution in [3.8, 4) is 0 Å². The summed E-state index contributed by atoms with van der Waals surface area (Å²) in [6.07, 6.45) is 0.538. The summed E-state index contributed by atoms with van der Waals surface area (Å²) in [6.45, 7) is 2.72. The third-order valence-corrected chi connectivity index (χ3v) is 6.23. The minimum atomic E-state index is -3.73. The molecule has 0 aliphatic carbocycles. The van der Waals surface area contributed by atoms with Gasteiger partial charge >= 0.3 is 0 Å². The normalized spacial score (nSPS) is 14.3. The van der Waals surface area contributed by atoms with Crippen molar-refractivity contribution in [1.82, 2.24) is 9.62 Å². The van der Waals surface area contributed by atoms with Crippen molar-refractivity contribution in [2.75, 3.05) is 26.0 Å². The number of sulfonamides is 1. The van der Waals surface area contributed by atoms with Gasteiger partial charge in [-0.1, -0.05) is 6.07 Å². The molecule has 1 aliphatic rings. The van der Waals surface area contributed by atoms with E-state index in [1.165, 1.54) is 27.1 Å². The summed E-state index contributed by atoms with van der Waals surface area (Å²) in [7, 11) is -0.959. The smallest absolute Gasteiger partial charge is 0.291 e. The van der Waals surface area contributed by atoms with Gasteiger partial charge in [-0.2, -0.15) is 0 Å². The Morgan fingerprint density at radius 1 is 1.35 bits per heavy atom. The number of hydrogen-bond donors (Lipinski definition) is 2. The molecular weight excluding hydrogens is 361 g/mol. The van der Waals surface area contributed by atoms with Crippen LogP contribution in [0.1, 0.15) is 27.4 Å². The first-order valence-corrected chi connectivity index (χ1v) is 9.51. The quantitative estimate of drug-likeness (QED) is 0.844. The number of hydrogen-bond acceptors (Lipinski definition) is 5. The van der Waals surface area contributed by atoms with E-state index < -0.39 is 21.7 Å². The number of benzene rings is 1. The van der Waals surface area contributed by atoms with Crippen molar-refractivity contribution in [2.24, 2.45) is 0 Å². The lowest BCUT2D eigenvalue weighted by Gasteiger charge is -2.19. The second-order valence-electron chi connectivity index (χ2n) is 6.26. The highest BCUT2D eigenvalue weighted by atomic mass is 32.2. The Balaban J connectivity index is 1.88. The second kappa shape index (κ2) is 6.82. The van der Waals surface area contributed by atoms with Crippen LogP contribution >= 0.6 is 0 Å². The molecule has 0 unspecified atom stereocenters. The zero-order valence-electron chi connectivity index (χ0n) is 14.7. The number of furan rings is 1. The molecule has 2 aromatic rings. The Morgan fingerprint density at radius 2 is 2.08 bits per heavy atom. The summed E-state index contributed by atoms with van der Waals surface area (Å²) in [5.41, 5.74) is 1.48. The van der Waals surface area contributed by atoms with Crippen molar-refractivity contribution in [2.45, 2.75) is 24.8 Å². The summed E-state index contributed by atoms with van der Waals surface area (Å²) in [6, 6.07) is 4.40. The highest BCUT2D eigenvalue weighted by molar-refractivity contribution is 7.89. The van der Waals surface area contributed by atoms with Gasteiger partial charge in [0.1, 0.15) is 16.5 Å². The van der Waals surface area contributed by atoms with Crippen molar-refractivity contribution < 1.29 is 22.0 Å². The van der Waals surface area contributed by atoms with Crippen LogP contribution in [0.4, 0.5) is 10.1 Å². The number of carbonyl (C=O) groups is 1. The van der Waals surface area contributed by atoms with Gasteiger partial charge in [-0.3, -0.25) is 4.79 Å². The molecule has 1 aliphatic heterocycles.